The third-order valence-electron chi connectivity index (χ3n) is 7.42. The average Bonchev–Trinajstić information content (AvgIpc) is 3.35. The van der Waals surface area contributed by atoms with Gasteiger partial charge in [-0.05, 0) is 49.4 Å². The van der Waals surface area contributed by atoms with Crippen LogP contribution in [0.2, 0.25) is 0 Å². The molecule has 0 bridgehead atoms. The fourth-order valence-electron chi connectivity index (χ4n) is 5.77. The molecule has 0 aliphatic carbocycles. The number of aromatic nitrogens is 1. The molecular weight excluding hydrogens is 433 g/mol. The molecule has 5 rings (SSSR count). The molecule has 3 aromatic rings. The average molecular weight is 462 g/mol. The molecule has 5 atom stereocenters. The molecule has 1 fully saturated rings. The Bertz CT molecular complexity index is 1280. The molecule has 6 nitrogen and oxygen atoms in total. The molecule has 1 aromatic heterocycles. The number of benzene rings is 2. The number of aliphatic hydroxyl groups excluding tert-OH is 1. The van der Waals surface area contributed by atoms with Gasteiger partial charge in [-0.2, -0.15) is 0 Å². The first-order valence-corrected chi connectivity index (χ1v) is 11.6. The van der Waals surface area contributed by atoms with Gasteiger partial charge in [0.25, 0.3) is 5.56 Å². The highest BCUT2D eigenvalue weighted by molar-refractivity contribution is 5.83. The summed E-state index contributed by atoms with van der Waals surface area (Å²) in [5.41, 5.74) is 2.64. The predicted molar refractivity (Wildman–Crippen MR) is 127 cm³/mol. The maximum Gasteiger partial charge on any atom is 0.258 e. The first kappa shape index (κ1) is 22.5. The molecule has 3 heterocycles. The van der Waals surface area contributed by atoms with E-state index in [0.717, 1.165) is 11.3 Å². The van der Waals surface area contributed by atoms with Crippen molar-refractivity contribution in [3.63, 3.8) is 0 Å². The zero-order chi connectivity index (χ0) is 24.0. The number of fused-ring (bicyclic) bond motifs is 3. The van der Waals surface area contributed by atoms with Crippen molar-refractivity contribution in [2.75, 3.05) is 13.7 Å². The molecule has 2 aliphatic rings. The van der Waals surface area contributed by atoms with Gasteiger partial charge in [-0.15, -0.1) is 0 Å². The fraction of sp³-hybridized carbons (Fsp3) is 0.333. The van der Waals surface area contributed by atoms with E-state index in [1.807, 2.05) is 55.3 Å². The highest BCUT2D eigenvalue weighted by Crippen LogP contribution is 2.48. The van der Waals surface area contributed by atoms with Gasteiger partial charge < -0.3 is 15.0 Å². The van der Waals surface area contributed by atoms with Crippen LogP contribution in [0.3, 0.4) is 0 Å². The lowest BCUT2D eigenvalue weighted by Gasteiger charge is -2.28. The summed E-state index contributed by atoms with van der Waals surface area (Å²) in [5, 5.41) is 13.4. The summed E-state index contributed by atoms with van der Waals surface area (Å²) in [7, 11) is 1.88. The summed E-state index contributed by atoms with van der Waals surface area (Å²) in [6.07, 6.45) is 0. The second-order valence-electron chi connectivity index (χ2n) is 9.30. The van der Waals surface area contributed by atoms with Crippen LogP contribution in [0.5, 0.6) is 0 Å². The van der Waals surface area contributed by atoms with Crippen molar-refractivity contribution in [1.29, 1.82) is 0 Å². The summed E-state index contributed by atoms with van der Waals surface area (Å²) < 4.78 is 15.4. The van der Waals surface area contributed by atoms with Crippen molar-refractivity contribution in [1.82, 2.24) is 14.8 Å². The van der Waals surface area contributed by atoms with Gasteiger partial charge in [-0.25, -0.2) is 4.39 Å². The van der Waals surface area contributed by atoms with Gasteiger partial charge in [-0.1, -0.05) is 42.5 Å². The number of amides is 1. The molecule has 2 aromatic carbocycles. The number of aliphatic hydroxyl groups is 1. The largest absolute Gasteiger partial charge is 0.396 e. The van der Waals surface area contributed by atoms with Crippen LogP contribution in [-0.4, -0.2) is 40.2 Å². The summed E-state index contributed by atoms with van der Waals surface area (Å²) in [4.78, 5) is 28.6. The first-order chi connectivity index (χ1) is 16.4. The molecule has 1 saturated heterocycles. The van der Waals surface area contributed by atoms with Crippen LogP contribution in [0.1, 0.15) is 30.3 Å². The van der Waals surface area contributed by atoms with Crippen molar-refractivity contribution in [3.8, 4) is 11.1 Å². The normalized spacial score (nSPS) is 24.5. The molecule has 7 heteroatoms. The summed E-state index contributed by atoms with van der Waals surface area (Å²) in [5.74, 6) is -0.904. The van der Waals surface area contributed by atoms with E-state index in [4.69, 9.17) is 0 Å². The van der Waals surface area contributed by atoms with Crippen LogP contribution in [0.15, 0.2) is 71.5 Å². The van der Waals surface area contributed by atoms with E-state index in [1.165, 1.54) is 12.1 Å². The van der Waals surface area contributed by atoms with E-state index in [-0.39, 0.29) is 42.0 Å². The van der Waals surface area contributed by atoms with E-state index in [2.05, 4.69) is 5.32 Å². The smallest absolute Gasteiger partial charge is 0.258 e. The highest BCUT2D eigenvalue weighted by atomic mass is 19.1. The monoisotopic (exact) mass is 461 g/mol. The molecule has 2 aliphatic heterocycles. The number of nitrogens with one attached hydrogen (secondary N) is 1. The zero-order valence-electron chi connectivity index (χ0n) is 19.2. The van der Waals surface area contributed by atoms with Crippen molar-refractivity contribution in [2.24, 2.45) is 11.8 Å². The van der Waals surface area contributed by atoms with Crippen molar-refractivity contribution < 1.29 is 14.3 Å². The first-order valence-electron chi connectivity index (χ1n) is 11.6. The van der Waals surface area contributed by atoms with E-state index in [9.17, 15) is 19.1 Å². The number of likely N-dealkylation sites (tertiary alicyclic amines) is 1. The van der Waals surface area contributed by atoms with E-state index >= 15 is 0 Å². The Morgan fingerprint density at radius 3 is 2.62 bits per heavy atom. The lowest BCUT2D eigenvalue weighted by molar-refractivity contribution is -0.127. The number of rotatable bonds is 5. The zero-order valence-corrected chi connectivity index (χ0v) is 19.2. The van der Waals surface area contributed by atoms with Gasteiger partial charge in [0.05, 0.1) is 18.1 Å². The minimum absolute atomic E-state index is 0.0757. The quantitative estimate of drug-likeness (QED) is 0.612. The van der Waals surface area contributed by atoms with Gasteiger partial charge in [0, 0.05) is 36.2 Å². The van der Waals surface area contributed by atoms with Crippen LogP contribution in [0, 0.1) is 17.7 Å². The maximum absolute atomic E-state index is 13.7. The third-order valence-corrected chi connectivity index (χ3v) is 7.42. The molecule has 2 N–H and O–H groups in total. The van der Waals surface area contributed by atoms with E-state index in [1.54, 1.807) is 22.8 Å². The third kappa shape index (κ3) is 3.65. The SMILES string of the molecule is C[C@H](NC(=O)[C@@H]1[C@@H](CO)[C@@H]2Cn3c(ccc(-c4cccc(F)c4)c3=O)[C@@H]2N1C)c1ccccc1. The molecule has 34 heavy (non-hydrogen) atoms. The topological polar surface area (TPSA) is 74.6 Å². The van der Waals surface area contributed by atoms with Crippen molar-refractivity contribution in [2.45, 2.75) is 31.6 Å². The minimum atomic E-state index is -0.502. The number of carbonyl (C=O) groups is 1. The Labute approximate surface area is 197 Å². The van der Waals surface area contributed by atoms with E-state index in [0.29, 0.717) is 17.7 Å². The lowest BCUT2D eigenvalue weighted by atomic mass is 9.88. The summed E-state index contributed by atoms with van der Waals surface area (Å²) in [6.45, 7) is 2.21. The van der Waals surface area contributed by atoms with Gasteiger partial charge in [0.1, 0.15) is 5.82 Å². The number of hydrogen-bond donors (Lipinski definition) is 2. The molecule has 176 valence electrons. The second kappa shape index (κ2) is 8.81. The van der Waals surface area contributed by atoms with Crippen LogP contribution in [-0.2, 0) is 11.3 Å². The van der Waals surface area contributed by atoms with Gasteiger partial charge in [0.2, 0.25) is 5.91 Å². The Morgan fingerprint density at radius 2 is 1.91 bits per heavy atom. The number of halogens is 1. The summed E-state index contributed by atoms with van der Waals surface area (Å²) in [6, 6.07) is 18.6. The molecule has 0 unspecified atom stereocenters. The highest BCUT2D eigenvalue weighted by Gasteiger charge is 2.54. The summed E-state index contributed by atoms with van der Waals surface area (Å²) >= 11 is 0. The Morgan fingerprint density at radius 1 is 1.15 bits per heavy atom. The van der Waals surface area contributed by atoms with Gasteiger partial charge in [0.15, 0.2) is 0 Å². The number of carbonyl (C=O) groups excluding carboxylic acids is 1. The molecule has 0 spiro atoms. The molecular formula is C27H28FN3O3. The van der Waals surface area contributed by atoms with Crippen molar-refractivity contribution >= 4 is 5.91 Å². The molecule has 0 saturated carbocycles. The Balaban J connectivity index is 1.43. The number of pyridine rings is 1. The number of hydrogen-bond acceptors (Lipinski definition) is 4. The maximum atomic E-state index is 13.7. The standard InChI is InChI=1S/C27H28FN3O3/c1-16(17-7-4-3-5-8-17)29-26(33)25-22(15-32)21-14-31-23(24(21)30(25)2)12-11-20(27(31)34)18-9-6-10-19(28)13-18/h3-13,16,21-22,24-25,32H,14-15H2,1-2H3,(H,29,33)/t16-,21-,22-,24+,25-/m0/s1. The predicted octanol–water partition coefficient (Wildman–Crippen LogP) is 3.13. The second-order valence-corrected chi connectivity index (χ2v) is 9.30. The lowest BCUT2D eigenvalue weighted by Crippen LogP contribution is -2.47. The Kier molecular flexibility index (Phi) is 5.83. The van der Waals surface area contributed by atoms with Gasteiger partial charge in [-0.3, -0.25) is 14.5 Å². The van der Waals surface area contributed by atoms with Crippen LogP contribution in [0.4, 0.5) is 4.39 Å². The number of nitrogens with zero attached hydrogens (tertiary/aromatic N) is 2. The van der Waals surface area contributed by atoms with Crippen LogP contribution >= 0.6 is 0 Å². The van der Waals surface area contributed by atoms with Crippen LogP contribution < -0.4 is 10.9 Å². The molecule has 1 amide bonds. The molecule has 0 radical (unpaired) electrons. The van der Waals surface area contributed by atoms with Gasteiger partial charge >= 0.3 is 0 Å². The van der Waals surface area contributed by atoms with E-state index < -0.39 is 11.9 Å². The minimum Gasteiger partial charge on any atom is -0.396 e. The van der Waals surface area contributed by atoms with Crippen molar-refractivity contribution in [3.05, 3.63) is 94.2 Å². The fourth-order valence-corrected chi connectivity index (χ4v) is 5.77. The van der Waals surface area contributed by atoms with Crippen LogP contribution in [0.25, 0.3) is 11.1 Å². The Hall–Kier alpha value is -3.29. The number of likely N-dealkylation sites (N-methyl/N-ethyl adjacent to an activating group) is 1.